The van der Waals surface area contributed by atoms with Crippen molar-refractivity contribution in [2.45, 2.75) is 38.3 Å². The van der Waals surface area contributed by atoms with Crippen molar-refractivity contribution in [2.75, 3.05) is 7.05 Å². The lowest BCUT2D eigenvalue weighted by Gasteiger charge is -2.21. The maximum Gasteiger partial charge on any atom is 0.257 e. The highest BCUT2D eigenvalue weighted by Crippen LogP contribution is 2.41. The minimum absolute atomic E-state index is 0.307. The summed E-state index contributed by atoms with van der Waals surface area (Å²) in [5.41, 5.74) is 1.25. The van der Waals surface area contributed by atoms with Gasteiger partial charge in [0.05, 0.1) is 6.04 Å². The Morgan fingerprint density at radius 1 is 1.35 bits per heavy atom. The van der Waals surface area contributed by atoms with Crippen LogP contribution in [0.5, 0.6) is 5.75 Å². The highest BCUT2D eigenvalue weighted by molar-refractivity contribution is 5.47. The number of hydrogen-bond donors (Lipinski definition) is 1. The molecule has 0 fully saturated rings. The van der Waals surface area contributed by atoms with Crippen molar-refractivity contribution >= 4 is 0 Å². The van der Waals surface area contributed by atoms with E-state index in [-0.39, 0.29) is 5.60 Å². The Morgan fingerprint density at radius 3 is 2.65 bits per heavy atom. The summed E-state index contributed by atoms with van der Waals surface area (Å²) in [6.07, 6.45) is -1.69. The van der Waals surface area contributed by atoms with Gasteiger partial charge in [-0.3, -0.25) is 0 Å². The third-order valence-electron chi connectivity index (χ3n) is 3.02. The zero-order valence-electron chi connectivity index (χ0n) is 10.3. The quantitative estimate of drug-likeness (QED) is 0.878. The van der Waals surface area contributed by atoms with Gasteiger partial charge in [-0.2, -0.15) is 0 Å². The lowest BCUT2D eigenvalue weighted by Crippen LogP contribution is -2.27. The summed E-state index contributed by atoms with van der Waals surface area (Å²) in [4.78, 5) is 0. The molecule has 0 saturated carbocycles. The van der Waals surface area contributed by atoms with Crippen LogP contribution in [0.1, 0.15) is 31.0 Å². The molecule has 0 radical (unpaired) electrons. The third-order valence-corrected chi connectivity index (χ3v) is 3.02. The van der Waals surface area contributed by atoms with Crippen LogP contribution in [0.2, 0.25) is 0 Å². The standard InChI is InChI=1S/C13H17F2NO/c1-13(2)7-8-5-4-6-9(11(8)17-13)10(16-3)12(14)15/h4-6,10,12,16H,7H2,1-3H3. The Balaban J connectivity index is 2.42. The van der Waals surface area contributed by atoms with E-state index in [1.807, 2.05) is 26.0 Å². The Kier molecular flexibility index (Phi) is 3.08. The second kappa shape index (κ2) is 4.26. The fourth-order valence-corrected chi connectivity index (χ4v) is 2.30. The van der Waals surface area contributed by atoms with Gasteiger partial charge in [-0.1, -0.05) is 18.2 Å². The molecule has 0 spiro atoms. The van der Waals surface area contributed by atoms with E-state index < -0.39 is 12.5 Å². The second-order valence-electron chi connectivity index (χ2n) is 4.97. The summed E-state index contributed by atoms with van der Waals surface area (Å²) in [5, 5.41) is 2.64. The van der Waals surface area contributed by atoms with Crippen LogP contribution in [0.25, 0.3) is 0 Å². The maximum absolute atomic E-state index is 12.9. The molecule has 1 N–H and O–H groups in total. The zero-order valence-corrected chi connectivity index (χ0v) is 10.3. The Morgan fingerprint density at radius 2 is 2.06 bits per heavy atom. The molecule has 0 bridgehead atoms. The molecule has 94 valence electrons. The van der Waals surface area contributed by atoms with Gasteiger partial charge in [0.25, 0.3) is 6.43 Å². The minimum Gasteiger partial charge on any atom is -0.487 e. The van der Waals surface area contributed by atoms with Gasteiger partial charge in [0, 0.05) is 12.0 Å². The van der Waals surface area contributed by atoms with Crippen LogP contribution < -0.4 is 10.1 Å². The average molecular weight is 241 g/mol. The molecule has 17 heavy (non-hydrogen) atoms. The van der Waals surface area contributed by atoms with Crippen LogP contribution in [-0.2, 0) is 6.42 Å². The van der Waals surface area contributed by atoms with Crippen molar-refractivity contribution < 1.29 is 13.5 Å². The van der Waals surface area contributed by atoms with Crippen LogP contribution >= 0.6 is 0 Å². The van der Waals surface area contributed by atoms with Crippen molar-refractivity contribution in [1.82, 2.24) is 5.32 Å². The van der Waals surface area contributed by atoms with Gasteiger partial charge in [0.1, 0.15) is 11.4 Å². The smallest absolute Gasteiger partial charge is 0.257 e. The fraction of sp³-hybridized carbons (Fsp3) is 0.538. The summed E-state index contributed by atoms with van der Waals surface area (Å²) < 4.78 is 31.6. The van der Waals surface area contributed by atoms with Gasteiger partial charge in [-0.15, -0.1) is 0 Å². The predicted octanol–water partition coefficient (Wildman–Crippen LogP) is 2.93. The van der Waals surface area contributed by atoms with E-state index >= 15 is 0 Å². The number of halogens is 2. The van der Waals surface area contributed by atoms with Gasteiger partial charge >= 0.3 is 0 Å². The summed E-state index contributed by atoms with van der Waals surface area (Å²) in [7, 11) is 1.54. The largest absolute Gasteiger partial charge is 0.487 e. The van der Waals surface area contributed by atoms with Crippen molar-refractivity contribution in [3.05, 3.63) is 29.3 Å². The molecule has 1 aromatic rings. The fourth-order valence-electron chi connectivity index (χ4n) is 2.30. The van der Waals surface area contributed by atoms with Crippen molar-refractivity contribution in [3.63, 3.8) is 0 Å². The Hall–Kier alpha value is -1.16. The molecule has 1 aromatic carbocycles. The predicted molar refractivity (Wildman–Crippen MR) is 62.7 cm³/mol. The van der Waals surface area contributed by atoms with E-state index in [0.29, 0.717) is 11.3 Å². The van der Waals surface area contributed by atoms with Gasteiger partial charge < -0.3 is 10.1 Å². The SMILES string of the molecule is CNC(c1cccc2c1OC(C)(C)C2)C(F)F. The second-order valence-corrected chi connectivity index (χ2v) is 4.97. The normalized spacial score (nSPS) is 18.9. The lowest BCUT2D eigenvalue weighted by atomic mass is 9.98. The van der Waals surface area contributed by atoms with Gasteiger partial charge in [0.15, 0.2) is 0 Å². The van der Waals surface area contributed by atoms with E-state index in [1.54, 1.807) is 6.07 Å². The first-order chi connectivity index (χ1) is 7.94. The number of nitrogens with one attached hydrogen (secondary N) is 1. The molecule has 0 aliphatic carbocycles. The van der Waals surface area contributed by atoms with Crippen molar-refractivity contribution in [3.8, 4) is 5.75 Å². The zero-order chi connectivity index (χ0) is 12.6. The molecule has 4 heteroatoms. The van der Waals surface area contributed by atoms with Crippen LogP contribution in [0.3, 0.4) is 0 Å². The summed E-state index contributed by atoms with van der Waals surface area (Å²) in [6, 6.07) is 4.48. The van der Waals surface area contributed by atoms with E-state index in [1.165, 1.54) is 7.05 Å². The van der Waals surface area contributed by atoms with Gasteiger partial charge in [0.2, 0.25) is 0 Å². The number of benzene rings is 1. The van der Waals surface area contributed by atoms with E-state index in [9.17, 15) is 8.78 Å². The number of ether oxygens (including phenoxy) is 1. The van der Waals surface area contributed by atoms with Crippen molar-refractivity contribution in [1.29, 1.82) is 0 Å². The number of fused-ring (bicyclic) bond motifs is 1. The van der Waals surface area contributed by atoms with Crippen LogP contribution in [0, 0.1) is 0 Å². The molecule has 0 aromatic heterocycles. The molecule has 1 atom stereocenters. The molecule has 1 aliphatic rings. The highest BCUT2D eigenvalue weighted by Gasteiger charge is 2.34. The first-order valence-electron chi connectivity index (χ1n) is 5.71. The minimum atomic E-state index is -2.45. The third kappa shape index (κ3) is 2.27. The number of alkyl halides is 2. The number of rotatable bonds is 3. The summed E-state index contributed by atoms with van der Waals surface area (Å²) in [6.45, 7) is 3.93. The van der Waals surface area contributed by atoms with Gasteiger partial charge in [-0.05, 0) is 26.5 Å². The summed E-state index contributed by atoms with van der Waals surface area (Å²) >= 11 is 0. The molecule has 2 nitrogen and oxygen atoms in total. The van der Waals surface area contributed by atoms with Crippen LogP contribution in [0.4, 0.5) is 8.78 Å². The summed E-state index contributed by atoms with van der Waals surface area (Å²) in [5.74, 6) is 0.622. The Labute approximate surface area is 100.0 Å². The molecule has 0 amide bonds. The first kappa shape index (κ1) is 12.3. The van der Waals surface area contributed by atoms with Crippen LogP contribution in [-0.4, -0.2) is 19.1 Å². The molecular weight excluding hydrogens is 224 g/mol. The first-order valence-corrected chi connectivity index (χ1v) is 5.71. The maximum atomic E-state index is 12.9. The number of hydrogen-bond acceptors (Lipinski definition) is 2. The molecule has 1 unspecified atom stereocenters. The highest BCUT2D eigenvalue weighted by atomic mass is 19.3. The van der Waals surface area contributed by atoms with Crippen LogP contribution in [0.15, 0.2) is 18.2 Å². The topological polar surface area (TPSA) is 21.3 Å². The Bertz CT molecular complexity index is 418. The molecule has 1 aliphatic heterocycles. The average Bonchev–Trinajstić information content (AvgIpc) is 2.53. The van der Waals surface area contributed by atoms with Gasteiger partial charge in [-0.25, -0.2) is 8.78 Å². The lowest BCUT2D eigenvalue weighted by molar-refractivity contribution is 0.0954. The monoisotopic (exact) mass is 241 g/mol. The van der Waals surface area contributed by atoms with E-state index in [2.05, 4.69) is 5.32 Å². The molecule has 1 heterocycles. The van der Waals surface area contributed by atoms with E-state index in [4.69, 9.17) is 4.74 Å². The number of para-hydroxylation sites is 1. The molecule has 0 saturated heterocycles. The molecule has 2 rings (SSSR count). The van der Waals surface area contributed by atoms with E-state index in [0.717, 1.165) is 12.0 Å². The van der Waals surface area contributed by atoms with Crippen molar-refractivity contribution in [2.24, 2.45) is 0 Å². The molecular formula is C13H17F2NO.